The average Bonchev–Trinajstić information content (AvgIpc) is 2.19. The van der Waals surface area contributed by atoms with Gasteiger partial charge in [0.25, 0.3) is 0 Å². The van der Waals surface area contributed by atoms with Crippen LogP contribution in [0.2, 0.25) is 0 Å². The van der Waals surface area contributed by atoms with Crippen LogP contribution in [0.15, 0.2) is 29.5 Å². The number of guanidine groups is 1. The Hall–Kier alpha value is -1.58. The molecule has 0 fully saturated rings. The molecular formula is C10H16N4. The minimum Gasteiger partial charge on any atom is -0.349 e. The van der Waals surface area contributed by atoms with E-state index >= 15 is 0 Å². The molecule has 0 radical (unpaired) electrons. The molecule has 14 heavy (non-hydrogen) atoms. The number of pyridine rings is 1. The molecule has 1 aromatic rings. The lowest BCUT2D eigenvalue weighted by molar-refractivity contribution is 0.607. The summed E-state index contributed by atoms with van der Waals surface area (Å²) in [6, 6.07) is 3.91. The van der Waals surface area contributed by atoms with Crippen molar-refractivity contribution in [2.75, 3.05) is 33.1 Å². The Kier molecular flexibility index (Phi) is 3.45. The van der Waals surface area contributed by atoms with Gasteiger partial charge in [-0.25, -0.2) is 0 Å². The summed E-state index contributed by atoms with van der Waals surface area (Å²) >= 11 is 0. The smallest absolute Gasteiger partial charge is 0.200 e. The van der Waals surface area contributed by atoms with Gasteiger partial charge in [-0.3, -0.25) is 9.98 Å². The molecule has 4 heteroatoms. The van der Waals surface area contributed by atoms with Crippen LogP contribution in [-0.2, 0) is 0 Å². The van der Waals surface area contributed by atoms with Crippen LogP contribution in [0.4, 0.5) is 5.69 Å². The van der Waals surface area contributed by atoms with Gasteiger partial charge in [-0.15, -0.1) is 0 Å². The largest absolute Gasteiger partial charge is 0.349 e. The van der Waals surface area contributed by atoms with Crippen molar-refractivity contribution in [3.05, 3.63) is 24.5 Å². The summed E-state index contributed by atoms with van der Waals surface area (Å²) in [5.41, 5.74) is 1.08. The van der Waals surface area contributed by atoms with Crippen LogP contribution in [0.5, 0.6) is 0 Å². The van der Waals surface area contributed by atoms with Crippen molar-refractivity contribution in [3.63, 3.8) is 0 Å². The van der Waals surface area contributed by atoms with Gasteiger partial charge in [-0.1, -0.05) is 0 Å². The Morgan fingerprint density at radius 1 is 1.21 bits per heavy atom. The van der Waals surface area contributed by atoms with E-state index in [-0.39, 0.29) is 0 Å². The number of anilines is 1. The van der Waals surface area contributed by atoms with Crippen LogP contribution < -0.4 is 4.90 Å². The van der Waals surface area contributed by atoms with Gasteiger partial charge in [-0.2, -0.15) is 0 Å². The predicted octanol–water partition coefficient (Wildman–Crippen LogP) is 1.07. The number of aromatic nitrogens is 1. The zero-order valence-corrected chi connectivity index (χ0v) is 9.10. The fourth-order valence-electron chi connectivity index (χ4n) is 1.33. The number of nitrogens with zero attached hydrogens (tertiary/aromatic N) is 4. The van der Waals surface area contributed by atoms with E-state index < -0.39 is 0 Å². The molecule has 0 saturated carbocycles. The molecule has 0 unspecified atom stereocenters. The lowest BCUT2D eigenvalue weighted by atomic mass is 10.4. The molecule has 1 heterocycles. The highest BCUT2D eigenvalue weighted by molar-refractivity contribution is 5.95. The van der Waals surface area contributed by atoms with Gasteiger partial charge in [0.05, 0.1) is 0 Å². The highest BCUT2D eigenvalue weighted by Crippen LogP contribution is 2.10. The normalized spacial score (nSPS) is 11.3. The summed E-state index contributed by atoms with van der Waals surface area (Å²) < 4.78 is 0. The first-order valence-electron chi connectivity index (χ1n) is 4.44. The number of aliphatic imine (C=N–C) groups is 1. The van der Waals surface area contributed by atoms with Gasteiger partial charge in [0.1, 0.15) is 0 Å². The van der Waals surface area contributed by atoms with E-state index in [1.54, 1.807) is 19.4 Å². The summed E-state index contributed by atoms with van der Waals surface area (Å²) in [5.74, 6) is 0.913. The second-order valence-corrected chi connectivity index (χ2v) is 3.18. The SMILES string of the molecule is C/N=C(\N(C)C)N(C)c1ccncc1. The minimum absolute atomic E-state index is 0.913. The lowest BCUT2D eigenvalue weighted by Crippen LogP contribution is -2.37. The maximum absolute atomic E-state index is 4.21. The van der Waals surface area contributed by atoms with Gasteiger partial charge in [0, 0.05) is 46.3 Å². The Bertz CT molecular complexity index is 305. The molecule has 1 aromatic heterocycles. The average molecular weight is 192 g/mol. The van der Waals surface area contributed by atoms with Crippen LogP contribution >= 0.6 is 0 Å². The molecule has 0 saturated heterocycles. The van der Waals surface area contributed by atoms with E-state index in [0.717, 1.165) is 11.6 Å². The zero-order valence-electron chi connectivity index (χ0n) is 9.10. The number of hydrogen-bond donors (Lipinski definition) is 0. The first-order valence-corrected chi connectivity index (χ1v) is 4.44. The highest BCUT2D eigenvalue weighted by Gasteiger charge is 2.08. The summed E-state index contributed by atoms with van der Waals surface area (Å²) in [7, 11) is 7.71. The molecule has 0 amide bonds. The summed E-state index contributed by atoms with van der Waals surface area (Å²) in [4.78, 5) is 12.2. The molecule has 0 atom stereocenters. The topological polar surface area (TPSA) is 31.7 Å². The van der Waals surface area contributed by atoms with Crippen molar-refractivity contribution >= 4 is 11.6 Å². The second kappa shape index (κ2) is 4.60. The third-order valence-corrected chi connectivity index (χ3v) is 1.95. The quantitative estimate of drug-likeness (QED) is 0.492. The maximum atomic E-state index is 4.21. The number of hydrogen-bond acceptors (Lipinski definition) is 2. The molecule has 1 rings (SSSR count). The standard InChI is InChI=1S/C10H16N4/c1-11-10(13(2)3)14(4)9-5-7-12-8-6-9/h5-8H,1-4H3/b11-10+. The van der Waals surface area contributed by atoms with Gasteiger partial charge in [0.2, 0.25) is 0 Å². The van der Waals surface area contributed by atoms with Crippen molar-refractivity contribution in [3.8, 4) is 0 Å². The molecule has 0 aromatic carbocycles. The number of rotatable bonds is 1. The van der Waals surface area contributed by atoms with Crippen LogP contribution in [0.25, 0.3) is 0 Å². The van der Waals surface area contributed by atoms with Crippen molar-refractivity contribution in [2.24, 2.45) is 4.99 Å². The molecule has 0 bridgehead atoms. The van der Waals surface area contributed by atoms with E-state index in [1.807, 2.05) is 43.1 Å². The van der Waals surface area contributed by atoms with Crippen LogP contribution in [0, 0.1) is 0 Å². The summed E-state index contributed by atoms with van der Waals surface area (Å²) in [6.07, 6.45) is 3.55. The van der Waals surface area contributed by atoms with Gasteiger partial charge in [-0.05, 0) is 12.1 Å². The Morgan fingerprint density at radius 2 is 1.79 bits per heavy atom. The molecule has 4 nitrogen and oxygen atoms in total. The van der Waals surface area contributed by atoms with E-state index in [2.05, 4.69) is 9.98 Å². The first kappa shape index (κ1) is 10.5. The van der Waals surface area contributed by atoms with E-state index in [9.17, 15) is 0 Å². The van der Waals surface area contributed by atoms with Gasteiger partial charge in [0.15, 0.2) is 5.96 Å². The Balaban J connectivity index is 2.90. The summed E-state index contributed by atoms with van der Waals surface area (Å²) in [6.45, 7) is 0. The van der Waals surface area contributed by atoms with E-state index in [4.69, 9.17) is 0 Å². The van der Waals surface area contributed by atoms with E-state index in [0.29, 0.717) is 0 Å². The predicted molar refractivity (Wildman–Crippen MR) is 59.7 cm³/mol. The monoisotopic (exact) mass is 192 g/mol. The van der Waals surface area contributed by atoms with Gasteiger partial charge >= 0.3 is 0 Å². The van der Waals surface area contributed by atoms with Gasteiger partial charge < -0.3 is 9.80 Å². The maximum Gasteiger partial charge on any atom is 0.200 e. The minimum atomic E-state index is 0.913. The molecule has 0 aliphatic rings. The van der Waals surface area contributed by atoms with Crippen molar-refractivity contribution in [1.29, 1.82) is 0 Å². The summed E-state index contributed by atoms with van der Waals surface area (Å²) in [5, 5.41) is 0. The van der Waals surface area contributed by atoms with Crippen LogP contribution in [0.3, 0.4) is 0 Å². The van der Waals surface area contributed by atoms with Crippen molar-refractivity contribution in [1.82, 2.24) is 9.88 Å². The third-order valence-electron chi connectivity index (χ3n) is 1.95. The van der Waals surface area contributed by atoms with Crippen molar-refractivity contribution < 1.29 is 0 Å². The molecule has 0 aliphatic carbocycles. The molecule has 76 valence electrons. The fourth-order valence-corrected chi connectivity index (χ4v) is 1.33. The Labute approximate surface area is 84.9 Å². The molecular weight excluding hydrogens is 176 g/mol. The van der Waals surface area contributed by atoms with Crippen molar-refractivity contribution in [2.45, 2.75) is 0 Å². The van der Waals surface area contributed by atoms with E-state index in [1.165, 1.54) is 0 Å². The lowest BCUT2D eigenvalue weighted by Gasteiger charge is -2.25. The fraction of sp³-hybridized carbons (Fsp3) is 0.400. The Morgan fingerprint density at radius 3 is 2.21 bits per heavy atom. The second-order valence-electron chi connectivity index (χ2n) is 3.18. The third kappa shape index (κ3) is 2.22. The molecule has 0 N–H and O–H groups in total. The van der Waals surface area contributed by atoms with Crippen LogP contribution in [0.1, 0.15) is 0 Å². The van der Waals surface area contributed by atoms with Crippen LogP contribution in [-0.4, -0.2) is 44.0 Å². The first-order chi connectivity index (χ1) is 6.66. The molecule has 0 aliphatic heterocycles. The molecule has 0 spiro atoms. The zero-order chi connectivity index (χ0) is 10.6. The highest BCUT2D eigenvalue weighted by atomic mass is 15.3.